The number of nitrogens with zero attached hydrogens (tertiary/aromatic N) is 2. The van der Waals surface area contributed by atoms with Gasteiger partial charge in [0.25, 0.3) is 0 Å². The van der Waals surface area contributed by atoms with Crippen molar-refractivity contribution in [3.05, 3.63) is 5.89 Å². The van der Waals surface area contributed by atoms with Gasteiger partial charge in [0.15, 0.2) is 0 Å². The van der Waals surface area contributed by atoms with Crippen LogP contribution in [0.2, 0.25) is 0 Å². The summed E-state index contributed by atoms with van der Waals surface area (Å²) < 4.78 is 5.26. The second kappa shape index (κ2) is 4.17. The third kappa shape index (κ3) is 2.18. The molecule has 0 aromatic carbocycles. The van der Waals surface area contributed by atoms with E-state index in [-0.39, 0.29) is 5.88 Å². The summed E-state index contributed by atoms with van der Waals surface area (Å²) in [6.45, 7) is 2.26. The van der Waals surface area contributed by atoms with Crippen molar-refractivity contribution in [1.29, 1.82) is 0 Å². The molecule has 1 saturated carbocycles. The van der Waals surface area contributed by atoms with Gasteiger partial charge in [-0.05, 0) is 25.2 Å². The number of rotatable bonds is 3. The molecular formula is C9H14ClN3O. The summed E-state index contributed by atoms with van der Waals surface area (Å²) >= 11 is 5.56. The smallest absolute Gasteiger partial charge is 0.315 e. The highest BCUT2D eigenvalue weighted by Gasteiger charge is 2.22. The zero-order valence-electron chi connectivity index (χ0n) is 8.16. The Kier molecular flexibility index (Phi) is 2.91. The summed E-state index contributed by atoms with van der Waals surface area (Å²) in [5.41, 5.74) is 0. The van der Waals surface area contributed by atoms with Gasteiger partial charge in [-0.3, -0.25) is 0 Å². The number of halogens is 1. The molecule has 0 spiro atoms. The minimum absolute atomic E-state index is 0.274. The van der Waals surface area contributed by atoms with Gasteiger partial charge >= 0.3 is 6.01 Å². The molecule has 1 heterocycles. The summed E-state index contributed by atoms with van der Waals surface area (Å²) in [4.78, 5) is 0. The Bertz CT molecular complexity index is 302. The van der Waals surface area contributed by atoms with Gasteiger partial charge < -0.3 is 9.73 Å². The van der Waals surface area contributed by atoms with Gasteiger partial charge in [0.2, 0.25) is 5.89 Å². The summed E-state index contributed by atoms with van der Waals surface area (Å²) in [6, 6.07) is 0.980. The summed E-state index contributed by atoms with van der Waals surface area (Å²) in [5.74, 6) is 1.54. The predicted octanol–water partition coefficient (Wildman–Crippen LogP) is 2.41. The molecule has 1 fully saturated rings. The second-order valence-corrected chi connectivity index (χ2v) is 4.16. The van der Waals surface area contributed by atoms with Crippen molar-refractivity contribution in [1.82, 2.24) is 10.2 Å². The van der Waals surface area contributed by atoms with Crippen molar-refractivity contribution in [2.24, 2.45) is 5.92 Å². The van der Waals surface area contributed by atoms with Crippen molar-refractivity contribution in [2.45, 2.75) is 38.1 Å². The van der Waals surface area contributed by atoms with Crippen LogP contribution in [0.3, 0.4) is 0 Å². The molecule has 4 nitrogen and oxygen atoms in total. The van der Waals surface area contributed by atoms with Crippen LogP contribution < -0.4 is 5.32 Å². The molecule has 0 saturated heterocycles. The summed E-state index contributed by atoms with van der Waals surface area (Å²) in [7, 11) is 0. The molecule has 1 aromatic rings. The molecule has 2 atom stereocenters. The first-order valence-electron chi connectivity index (χ1n) is 4.93. The Morgan fingerprint density at radius 2 is 2.36 bits per heavy atom. The molecule has 1 N–H and O–H groups in total. The fourth-order valence-electron chi connectivity index (χ4n) is 1.88. The highest BCUT2D eigenvalue weighted by atomic mass is 35.5. The topological polar surface area (TPSA) is 51.0 Å². The molecule has 0 aliphatic heterocycles. The maximum Gasteiger partial charge on any atom is 0.315 e. The molecule has 0 bridgehead atoms. The summed E-state index contributed by atoms with van der Waals surface area (Å²) in [5, 5.41) is 10.9. The van der Waals surface area contributed by atoms with Crippen LogP contribution in [-0.4, -0.2) is 16.2 Å². The molecule has 14 heavy (non-hydrogen) atoms. The fourth-order valence-corrected chi connectivity index (χ4v) is 1.99. The van der Waals surface area contributed by atoms with Gasteiger partial charge in [0.05, 0.1) is 0 Å². The molecular weight excluding hydrogens is 202 g/mol. The first-order valence-corrected chi connectivity index (χ1v) is 5.46. The van der Waals surface area contributed by atoms with Crippen molar-refractivity contribution >= 4 is 17.6 Å². The lowest BCUT2D eigenvalue weighted by Crippen LogP contribution is -2.15. The van der Waals surface area contributed by atoms with Gasteiger partial charge in [-0.1, -0.05) is 12.0 Å². The van der Waals surface area contributed by atoms with Crippen LogP contribution >= 0.6 is 11.6 Å². The maximum atomic E-state index is 5.56. The Morgan fingerprint density at radius 3 is 2.93 bits per heavy atom. The van der Waals surface area contributed by atoms with E-state index in [9.17, 15) is 0 Å². The largest absolute Gasteiger partial charge is 0.407 e. The van der Waals surface area contributed by atoms with E-state index in [4.69, 9.17) is 16.0 Å². The van der Waals surface area contributed by atoms with Crippen molar-refractivity contribution < 1.29 is 4.42 Å². The molecule has 78 valence electrons. The fraction of sp³-hybridized carbons (Fsp3) is 0.778. The van der Waals surface area contributed by atoms with Gasteiger partial charge in [0.1, 0.15) is 5.88 Å². The van der Waals surface area contributed by atoms with Gasteiger partial charge in [0, 0.05) is 6.04 Å². The highest BCUT2D eigenvalue weighted by molar-refractivity contribution is 6.16. The van der Waals surface area contributed by atoms with E-state index in [2.05, 4.69) is 22.4 Å². The van der Waals surface area contributed by atoms with Crippen LogP contribution in [0.15, 0.2) is 4.42 Å². The monoisotopic (exact) mass is 215 g/mol. The van der Waals surface area contributed by atoms with Crippen LogP contribution in [-0.2, 0) is 5.88 Å². The van der Waals surface area contributed by atoms with Crippen LogP contribution in [0.5, 0.6) is 0 Å². The van der Waals surface area contributed by atoms with E-state index < -0.39 is 0 Å². The standard InChI is InChI=1S/C9H14ClN3O/c1-6-2-3-7(4-6)11-9-13-12-8(5-10)14-9/h6-7H,2-5H2,1H3,(H,11,13). The molecule has 1 aliphatic rings. The number of anilines is 1. The number of hydrogen-bond acceptors (Lipinski definition) is 4. The van der Waals surface area contributed by atoms with Crippen molar-refractivity contribution in [3.8, 4) is 0 Å². The molecule has 2 rings (SSSR count). The average Bonchev–Trinajstić information content (AvgIpc) is 2.76. The van der Waals surface area contributed by atoms with Crippen LogP contribution in [0, 0.1) is 5.92 Å². The highest BCUT2D eigenvalue weighted by Crippen LogP contribution is 2.27. The Morgan fingerprint density at radius 1 is 1.50 bits per heavy atom. The third-order valence-corrected chi connectivity index (χ3v) is 2.83. The number of hydrogen-bond donors (Lipinski definition) is 1. The second-order valence-electron chi connectivity index (χ2n) is 3.89. The Labute approximate surface area is 88.0 Å². The SMILES string of the molecule is CC1CCC(Nc2nnc(CCl)o2)C1. The number of alkyl halides is 1. The predicted molar refractivity (Wildman–Crippen MR) is 54.3 cm³/mol. The molecule has 0 amide bonds. The minimum atomic E-state index is 0.274. The zero-order chi connectivity index (χ0) is 9.97. The summed E-state index contributed by atoms with van der Waals surface area (Å²) in [6.07, 6.45) is 3.63. The van der Waals surface area contributed by atoms with Crippen molar-refractivity contribution in [2.75, 3.05) is 5.32 Å². The van der Waals surface area contributed by atoms with Gasteiger partial charge in [-0.2, -0.15) is 0 Å². The Balaban J connectivity index is 1.90. The lowest BCUT2D eigenvalue weighted by molar-refractivity contribution is 0.514. The third-order valence-electron chi connectivity index (χ3n) is 2.60. The average molecular weight is 216 g/mol. The first kappa shape index (κ1) is 9.77. The van der Waals surface area contributed by atoms with E-state index in [1.54, 1.807) is 0 Å². The van der Waals surface area contributed by atoms with E-state index in [1.807, 2.05) is 0 Å². The zero-order valence-corrected chi connectivity index (χ0v) is 8.92. The minimum Gasteiger partial charge on any atom is -0.407 e. The van der Waals surface area contributed by atoms with Crippen molar-refractivity contribution in [3.63, 3.8) is 0 Å². The molecule has 1 aromatic heterocycles. The normalized spacial score (nSPS) is 26.7. The van der Waals surface area contributed by atoms with Crippen LogP contribution in [0.25, 0.3) is 0 Å². The van der Waals surface area contributed by atoms with Crippen LogP contribution in [0.1, 0.15) is 32.1 Å². The first-order chi connectivity index (χ1) is 6.78. The maximum absolute atomic E-state index is 5.56. The van der Waals surface area contributed by atoms with E-state index in [0.717, 1.165) is 5.92 Å². The number of aromatic nitrogens is 2. The van der Waals surface area contributed by atoms with Gasteiger partial charge in [-0.25, -0.2) is 0 Å². The molecule has 0 radical (unpaired) electrons. The molecule has 5 heteroatoms. The van der Waals surface area contributed by atoms with E-state index in [1.165, 1.54) is 19.3 Å². The lowest BCUT2D eigenvalue weighted by Gasteiger charge is -2.08. The van der Waals surface area contributed by atoms with E-state index >= 15 is 0 Å². The van der Waals surface area contributed by atoms with Crippen LogP contribution in [0.4, 0.5) is 6.01 Å². The lowest BCUT2D eigenvalue weighted by atomic mass is 10.1. The van der Waals surface area contributed by atoms with E-state index in [0.29, 0.717) is 17.9 Å². The molecule has 1 aliphatic carbocycles. The molecule has 2 unspecified atom stereocenters. The Hall–Kier alpha value is -0.770. The quantitative estimate of drug-likeness (QED) is 0.787. The van der Waals surface area contributed by atoms with Gasteiger partial charge in [-0.15, -0.1) is 16.7 Å². The number of nitrogens with one attached hydrogen (secondary N) is 1.